The highest BCUT2D eigenvalue weighted by Gasteiger charge is 2.48. The van der Waals surface area contributed by atoms with Crippen molar-refractivity contribution in [2.24, 2.45) is 0 Å². The van der Waals surface area contributed by atoms with E-state index in [4.69, 9.17) is 28.4 Å². The van der Waals surface area contributed by atoms with Gasteiger partial charge in [-0.3, -0.25) is 0 Å². The second-order valence-corrected chi connectivity index (χ2v) is 12.3. The lowest BCUT2D eigenvalue weighted by Gasteiger charge is -2.43. The van der Waals surface area contributed by atoms with Crippen LogP contribution < -0.4 is 0 Å². The smallest absolute Gasteiger partial charge is 0.333 e. The Kier molecular flexibility index (Phi) is 13.3. The molecule has 14 nitrogen and oxygen atoms in total. The maximum absolute atomic E-state index is 12.7. The van der Waals surface area contributed by atoms with Crippen molar-refractivity contribution in [3.63, 3.8) is 0 Å². The van der Waals surface area contributed by atoms with Crippen LogP contribution in [-0.2, 0) is 38.0 Å². The third kappa shape index (κ3) is 9.31. The van der Waals surface area contributed by atoms with Crippen LogP contribution >= 0.6 is 0 Å². The number of aliphatic hydroxyl groups is 6. The Morgan fingerprint density at radius 3 is 1.33 bits per heavy atom. The molecule has 6 N–H and O–H groups in total. The number of fused-ring (bicyclic) bond motifs is 4. The molecule has 3 aliphatic rings. The topological polar surface area (TPSA) is 211 Å². The van der Waals surface area contributed by atoms with Gasteiger partial charge < -0.3 is 59.1 Å². The zero-order valence-electron chi connectivity index (χ0n) is 26.7. The SMILES string of the molecule is C=C[C@]1(C)CC/C=C(\C)C(=O)OC[C@H]2O[C@@H](O[C@](C)(C=C)CCC=C(C)C(=O)OC[C@H]3O[C@@H](O1)[C@@H](O)[C@@H](O)[C@H]3O)[C@H](O)[C@H](O)[C@H]2O. The number of hydrogen-bond acceptors (Lipinski definition) is 14. The third-order valence-corrected chi connectivity index (χ3v) is 8.56. The van der Waals surface area contributed by atoms with Gasteiger partial charge in [-0.05, 0) is 53.4 Å². The highest BCUT2D eigenvalue weighted by Crippen LogP contribution is 2.31. The molecule has 0 radical (unpaired) electrons. The molecular weight excluding hydrogens is 608 g/mol. The zero-order valence-corrected chi connectivity index (χ0v) is 26.7. The second kappa shape index (κ2) is 16.1. The molecule has 0 unspecified atom stereocenters. The molecule has 2 fully saturated rings. The molecule has 0 saturated carbocycles. The van der Waals surface area contributed by atoms with E-state index < -0.39 is 97.8 Å². The van der Waals surface area contributed by atoms with Crippen LogP contribution in [0.25, 0.3) is 0 Å². The summed E-state index contributed by atoms with van der Waals surface area (Å²) in [6, 6.07) is 0. The van der Waals surface area contributed by atoms with Crippen molar-refractivity contribution in [1.82, 2.24) is 0 Å². The standard InChI is InChI=1S/C32H48O14/c1-7-31(5)13-9-11-17(3)27(39)42-16-20-22(34)24(36)26(38)30(44-20)46-32(6,8-2)14-10-12-18(4)28(40)41-15-19-21(33)23(35)25(37)29(43-19)45-31/h7-8,11-12,19-26,29-30,33-38H,1-2,9-10,13-16H2,3-6H3/b17-11+,18-12?/t19-,20-,21+,22+,23+,24-,25+,26-,29+,30+,31-,32-/m1/s1. The maximum Gasteiger partial charge on any atom is 0.333 e. The first kappa shape index (κ1) is 38.0. The summed E-state index contributed by atoms with van der Waals surface area (Å²) in [5.74, 6) is -1.44. The molecule has 2 saturated heterocycles. The van der Waals surface area contributed by atoms with Crippen molar-refractivity contribution in [2.45, 2.75) is 126 Å². The van der Waals surface area contributed by atoms with Gasteiger partial charge in [-0.1, -0.05) is 24.3 Å². The Morgan fingerprint density at radius 2 is 1.00 bits per heavy atom. The first-order valence-electron chi connectivity index (χ1n) is 15.2. The van der Waals surface area contributed by atoms with E-state index in [1.54, 1.807) is 26.0 Å². The molecule has 3 aliphatic heterocycles. The first-order chi connectivity index (χ1) is 21.5. The summed E-state index contributed by atoms with van der Waals surface area (Å²) < 4.78 is 34.1. The van der Waals surface area contributed by atoms with Crippen LogP contribution in [0.15, 0.2) is 48.6 Å². The van der Waals surface area contributed by atoms with Gasteiger partial charge in [0.05, 0.1) is 11.2 Å². The van der Waals surface area contributed by atoms with Gasteiger partial charge in [0.1, 0.15) is 62.0 Å². The molecule has 3 heterocycles. The van der Waals surface area contributed by atoms with Crippen molar-refractivity contribution in [3.05, 3.63) is 48.6 Å². The van der Waals surface area contributed by atoms with Crippen LogP contribution in [0, 0.1) is 0 Å². The lowest BCUT2D eigenvalue weighted by Crippen LogP contribution is -2.60. The van der Waals surface area contributed by atoms with Crippen LogP contribution in [0.5, 0.6) is 0 Å². The Morgan fingerprint density at radius 1 is 0.652 bits per heavy atom. The Hall–Kier alpha value is -2.50. The quantitative estimate of drug-likeness (QED) is 0.172. The summed E-state index contributed by atoms with van der Waals surface area (Å²) in [7, 11) is 0. The highest BCUT2D eigenvalue weighted by atomic mass is 16.7. The van der Waals surface area contributed by atoms with Crippen LogP contribution in [-0.4, -0.2) is 128 Å². The number of hydrogen-bond donors (Lipinski definition) is 6. The highest BCUT2D eigenvalue weighted by molar-refractivity contribution is 5.88. The summed E-state index contributed by atoms with van der Waals surface area (Å²) >= 11 is 0. The van der Waals surface area contributed by atoms with Gasteiger partial charge in [-0.15, -0.1) is 13.2 Å². The average molecular weight is 657 g/mol. The minimum absolute atomic E-state index is 0.219. The van der Waals surface area contributed by atoms with Crippen molar-refractivity contribution < 1.29 is 68.6 Å². The minimum Gasteiger partial charge on any atom is -0.459 e. The van der Waals surface area contributed by atoms with Crippen LogP contribution in [0.4, 0.5) is 0 Å². The van der Waals surface area contributed by atoms with Gasteiger partial charge in [0.15, 0.2) is 12.6 Å². The van der Waals surface area contributed by atoms with E-state index in [-0.39, 0.29) is 36.8 Å². The second-order valence-electron chi connectivity index (χ2n) is 12.3. The molecule has 0 aromatic heterocycles. The van der Waals surface area contributed by atoms with E-state index in [0.717, 1.165) is 0 Å². The van der Waals surface area contributed by atoms with Crippen LogP contribution in [0.3, 0.4) is 0 Å². The molecule has 3 rings (SSSR count). The minimum atomic E-state index is -1.66. The summed E-state index contributed by atoms with van der Waals surface area (Å²) in [6.45, 7) is 13.0. The van der Waals surface area contributed by atoms with E-state index in [1.807, 2.05) is 0 Å². The molecule has 0 amide bonds. The molecule has 46 heavy (non-hydrogen) atoms. The molecule has 14 heteroatoms. The molecule has 0 aromatic carbocycles. The average Bonchev–Trinajstić information content (AvgIpc) is 3.03. The van der Waals surface area contributed by atoms with E-state index in [2.05, 4.69) is 13.2 Å². The summed E-state index contributed by atoms with van der Waals surface area (Å²) in [4.78, 5) is 25.5. The monoisotopic (exact) mass is 656 g/mol. The number of esters is 2. The first-order valence-corrected chi connectivity index (χ1v) is 15.2. The maximum atomic E-state index is 12.7. The predicted octanol–water partition coefficient (Wildman–Crippen LogP) is 0.0772. The number of cyclic esters (lactones) is 2. The van der Waals surface area contributed by atoms with Crippen molar-refractivity contribution in [3.8, 4) is 0 Å². The van der Waals surface area contributed by atoms with Gasteiger partial charge in [0.2, 0.25) is 0 Å². The van der Waals surface area contributed by atoms with Crippen LogP contribution in [0.2, 0.25) is 0 Å². The lowest BCUT2D eigenvalue weighted by atomic mass is 9.96. The fourth-order valence-electron chi connectivity index (χ4n) is 5.11. The van der Waals surface area contributed by atoms with E-state index in [0.29, 0.717) is 0 Å². The van der Waals surface area contributed by atoms with Crippen molar-refractivity contribution >= 4 is 11.9 Å². The van der Waals surface area contributed by atoms with Crippen LogP contribution in [0.1, 0.15) is 53.4 Å². The summed E-state index contributed by atoms with van der Waals surface area (Å²) in [5, 5.41) is 63.2. The Labute approximate surface area is 268 Å². The largest absolute Gasteiger partial charge is 0.459 e. The fraction of sp³-hybridized carbons (Fsp3) is 0.688. The zero-order chi connectivity index (χ0) is 34.4. The molecule has 260 valence electrons. The molecule has 12 atom stereocenters. The lowest BCUT2D eigenvalue weighted by molar-refractivity contribution is -0.320. The van der Waals surface area contributed by atoms with E-state index >= 15 is 0 Å². The number of rotatable bonds is 2. The summed E-state index contributed by atoms with van der Waals surface area (Å²) in [6.07, 6.45) is -7.94. The number of aliphatic hydroxyl groups excluding tert-OH is 6. The van der Waals surface area contributed by atoms with Gasteiger partial charge in [-0.25, -0.2) is 9.59 Å². The Balaban J connectivity index is 1.87. The number of allylic oxidation sites excluding steroid dienone is 2. The fourth-order valence-corrected chi connectivity index (χ4v) is 5.11. The third-order valence-electron chi connectivity index (χ3n) is 8.56. The van der Waals surface area contributed by atoms with Crippen molar-refractivity contribution in [1.29, 1.82) is 0 Å². The number of carbonyl (C=O) groups excluding carboxylic acids is 2. The number of ether oxygens (including phenoxy) is 6. The van der Waals surface area contributed by atoms with Gasteiger partial charge >= 0.3 is 11.9 Å². The molecule has 4 bridgehead atoms. The predicted molar refractivity (Wildman–Crippen MR) is 161 cm³/mol. The Bertz CT molecular complexity index is 1070. The summed E-state index contributed by atoms with van der Waals surface area (Å²) in [5.41, 5.74) is -1.82. The van der Waals surface area contributed by atoms with E-state index in [9.17, 15) is 40.2 Å². The molecule has 0 aromatic rings. The normalized spacial score (nSPS) is 43.9. The molecular formula is C32H48O14. The van der Waals surface area contributed by atoms with Gasteiger partial charge in [-0.2, -0.15) is 0 Å². The molecule has 0 aliphatic carbocycles. The van der Waals surface area contributed by atoms with Crippen molar-refractivity contribution in [2.75, 3.05) is 13.2 Å². The molecule has 0 spiro atoms. The number of carbonyl (C=O) groups is 2. The van der Waals surface area contributed by atoms with Gasteiger partial charge in [0, 0.05) is 11.1 Å². The van der Waals surface area contributed by atoms with Gasteiger partial charge in [0.25, 0.3) is 0 Å². The van der Waals surface area contributed by atoms with E-state index in [1.165, 1.54) is 26.0 Å².